The highest BCUT2D eigenvalue weighted by Crippen LogP contribution is 2.16. The number of carbonyl (C=O) groups is 1. The molecule has 0 radical (unpaired) electrons. The summed E-state index contributed by atoms with van der Waals surface area (Å²) in [5, 5.41) is 17.1. The summed E-state index contributed by atoms with van der Waals surface area (Å²) in [5.41, 5.74) is 1.79. The average Bonchev–Trinajstić information content (AvgIpc) is 2.95. The summed E-state index contributed by atoms with van der Waals surface area (Å²) in [5.74, 6) is -0.426. The van der Waals surface area contributed by atoms with E-state index in [4.69, 9.17) is 11.6 Å². The number of aliphatic hydroxyl groups is 1. The molecule has 0 aliphatic rings. The Kier molecular flexibility index (Phi) is 5.36. The first-order valence-electron chi connectivity index (χ1n) is 6.70. The number of nitrogens with one attached hydrogen (secondary N) is 1. The third-order valence-electron chi connectivity index (χ3n) is 3.17. The Labute approximate surface area is 128 Å². The molecule has 112 valence electrons. The highest BCUT2D eigenvalue weighted by Gasteiger charge is 2.19. The van der Waals surface area contributed by atoms with E-state index in [0.29, 0.717) is 12.1 Å². The number of benzene rings is 1. The van der Waals surface area contributed by atoms with Gasteiger partial charge in [-0.25, -0.2) is 0 Å². The molecule has 2 rings (SSSR count). The lowest BCUT2D eigenvalue weighted by Crippen LogP contribution is -2.37. The molecule has 0 spiro atoms. The van der Waals surface area contributed by atoms with Gasteiger partial charge in [-0.15, -0.1) is 11.6 Å². The van der Waals surface area contributed by atoms with Crippen LogP contribution in [0.5, 0.6) is 0 Å². The maximum absolute atomic E-state index is 11.2. The zero-order valence-corrected chi connectivity index (χ0v) is 12.5. The lowest BCUT2D eigenvalue weighted by atomic mass is 10.1. The smallest absolute Gasteiger partial charge is 0.235 e. The number of nitrogens with zero attached hydrogens (tertiary/aromatic N) is 2. The average molecular weight is 308 g/mol. The molecule has 0 aliphatic carbocycles. The second kappa shape index (κ2) is 7.24. The van der Waals surface area contributed by atoms with E-state index >= 15 is 0 Å². The highest BCUT2D eigenvalue weighted by atomic mass is 35.5. The van der Waals surface area contributed by atoms with Gasteiger partial charge in [0, 0.05) is 11.8 Å². The number of carbonyl (C=O) groups excluding carboxylic acids is 1. The van der Waals surface area contributed by atoms with Crippen molar-refractivity contribution in [2.75, 3.05) is 5.88 Å². The van der Waals surface area contributed by atoms with Crippen molar-refractivity contribution in [1.29, 1.82) is 0 Å². The first-order chi connectivity index (χ1) is 10.1. The van der Waals surface area contributed by atoms with E-state index in [-0.39, 0.29) is 11.8 Å². The van der Waals surface area contributed by atoms with Crippen molar-refractivity contribution in [3.8, 4) is 0 Å². The van der Waals surface area contributed by atoms with Crippen LogP contribution in [0.1, 0.15) is 24.2 Å². The van der Waals surface area contributed by atoms with Crippen molar-refractivity contribution in [3.05, 3.63) is 53.9 Å². The van der Waals surface area contributed by atoms with E-state index in [9.17, 15) is 9.90 Å². The van der Waals surface area contributed by atoms with Crippen LogP contribution in [0, 0.1) is 0 Å². The molecule has 0 aliphatic heterocycles. The molecule has 0 saturated heterocycles. The molecule has 1 amide bonds. The van der Waals surface area contributed by atoms with Crippen LogP contribution in [-0.2, 0) is 11.3 Å². The topological polar surface area (TPSA) is 67.2 Å². The molecular weight excluding hydrogens is 290 g/mol. The Morgan fingerprint density at radius 2 is 2.14 bits per heavy atom. The van der Waals surface area contributed by atoms with Gasteiger partial charge in [-0.05, 0) is 12.5 Å². The predicted molar refractivity (Wildman–Crippen MR) is 81.1 cm³/mol. The fraction of sp³-hybridized carbons (Fsp3) is 0.333. The summed E-state index contributed by atoms with van der Waals surface area (Å²) < 4.78 is 1.75. The Balaban J connectivity index is 2.00. The standard InChI is InChI=1S/C15H18ClN3O2/c1-11(18-14(20)7-16)15(21)13-8-17-19(10-13)9-12-5-3-2-4-6-12/h2-6,8,10-11,15,21H,7,9H2,1H3,(H,18,20). The van der Waals surface area contributed by atoms with Gasteiger partial charge in [0.15, 0.2) is 0 Å². The largest absolute Gasteiger partial charge is 0.386 e. The van der Waals surface area contributed by atoms with E-state index in [1.807, 2.05) is 30.3 Å². The lowest BCUT2D eigenvalue weighted by Gasteiger charge is -2.18. The lowest BCUT2D eigenvalue weighted by molar-refractivity contribution is -0.120. The summed E-state index contributed by atoms with van der Waals surface area (Å²) in [6, 6.07) is 9.51. The fourth-order valence-electron chi connectivity index (χ4n) is 2.05. The molecule has 1 aromatic heterocycles. The van der Waals surface area contributed by atoms with E-state index in [2.05, 4.69) is 10.4 Å². The van der Waals surface area contributed by atoms with Gasteiger partial charge in [-0.2, -0.15) is 5.10 Å². The first-order valence-corrected chi connectivity index (χ1v) is 7.23. The molecule has 2 aromatic rings. The van der Waals surface area contributed by atoms with Crippen LogP contribution >= 0.6 is 11.6 Å². The SMILES string of the molecule is CC(NC(=O)CCl)C(O)c1cnn(Cc2ccccc2)c1. The molecule has 1 heterocycles. The zero-order valence-electron chi connectivity index (χ0n) is 11.7. The van der Waals surface area contributed by atoms with Gasteiger partial charge in [0.1, 0.15) is 12.0 Å². The second-order valence-electron chi connectivity index (χ2n) is 4.89. The second-order valence-corrected chi connectivity index (χ2v) is 5.16. The first kappa shape index (κ1) is 15.5. The van der Waals surface area contributed by atoms with Crippen molar-refractivity contribution >= 4 is 17.5 Å². The van der Waals surface area contributed by atoms with Crippen molar-refractivity contribution in [3.63, 3.8) is 0 Å². The van der Waals surface area contributed by atoms with Crippen LogP contribution < -0.4 is 5.32 Å². The number of amides is 1. The van der Waals surface area contributed by atoms with Gasteiger partial charge in [-0.1, -0.05) is 30.3 Å². The van der Waals surface area contributed by atoms with Crippen LogP contribution in [0.2, 0.25) is 0 Å². The molecular formula is C15H18ClN3O2. The van der Waals surface area contributed by atoms with E-state index < -0.39 is 12.1 Å². The molecule has 2 atom stereocenters. The molecule has 1 aromatic carbocycles. The molecule has 6 heteroatoms. The maximum Gasteiger partial charge on any atom is 0.235 e. The Morgan fingerprint density at radius 3 is 2.81 bits per heavy atom. The molecule has 0 fully saturated rings. The van der Waals surface area contributed by atoms with E-state index in [1.165, 1.54) is 0 Å². The normalized spacial score (nSPS) is 13.7. The third kappa shape index (κ3) is 4.31. The van der Waals surface area contributed by atoms with Gasteiger partial charge in [0.05, 0.1) is 18.8 Å². The zero-order chi connectivity index (χ0) is 15.2. The predicted octanol–water partition coefficient (Wildman–Crippen LogP) is 1.71. The van der Waals surface area contributed by atoms with Crippen LogP contribution in [0.15, 0.2) is 42.7 Å². The van der Waals surface area contributed by atoms with Crippen molar-refractivity contribution in [1.82, 2.24) is 15.1 Å². The number of hydrogen-bond acceptors (Lipinski definition) is 3. The quantitative estimate of drug-likeness (QED) is 0.798. The minimum Gasteiger partial charge on any atom is -0.386 e. The number of aromatic nitrogens is 2. The van der Waals surface area contributed by atoms with Crippen molar-refractivity contribution in [2.24, 2.45) is 0 Å². The van der Waals surface area contributed by atoms with E-state index in [0.717, 1.165) is 5.56 Å². The minimum absolute atomic E-state index is 0.121. The Morgan fingerprint density at radius 1 is 1.43 bits per heavy atom. The number of halogens is 1. The van der Waals surface area contributed by atoms with Crippen LogP contribution in [0.3, 0.4) is 0 Å². The van der Waals surface area contributed by atoms with Gasteiger partial charge in [0.25, 0.3) is 0 Å². The number of alkyl halides is 1. The maximum atomic E-state index is 11.2. The molecule has 2 N–H and O–H groups in total. The van der Waals surface area contributed by atoms with Gasteiger partial charge in [-0.3, -0.25) is 9.48 Å². The minimum atomic E-state index is -0.818. The highest BCUT2D eigenvalue weighted by molar-refractivity contribution is 6.27. The van der Waals surface area contributed by atoms with Gasteiger partial charge in [0.2, 0.25) is 5.91 Å². The van der Waals surface area contributed by atoms with Crippen LogP contribution in [-0.4, -0.2) is 32.7 Å². The van der Waals surface area contributed by atoms with Gasteiger partial charge < -0.3 is 10.4 Å². The monoisotopic (exact) mass is 307 g/mol. The van der Waals surface area contributed by atoms with Crippen molar-refractivity contribution < 1.29 is 9.90 Å². The van der Waals surface area contributed by atoms with E-state index in [1.54, 1.807) is 24.0 Å². The molecule has 21 heavy (non-hydrogen) atoms. The summed E-state index contributed by atoms with van der Waals surface area (Å²) in [6.07, 6.45) is 2.57. The van der Waals surface area contributed by atoms with Crippen molar-refractivity contribution in [2.45, 2.75) is 25.6 Å². The number of hydrogen-bond donors (Lipinski definition) is 2. The number of aliphatic hydroxyl groups excluding tert-OH is 1. The fourth-order valence-corrected chi connectivity index (χ4v) is 2.13. The molecule has 0 bridgehead atoms. The number of rotatable bonds is 6. The van der Waals surface area contributed by atoms with Crippen LogP contribution in [0.4, 0.5) is 0 Å². The van der Waals surface area contributed by atoms with Gasteiger partial charge >= 0.3 is 0 Å². The summed E-state index contributed by atoms with van der Waals surface area (Å²) in [6.45, 7) is 2.36. The Hall–Kier alpha value is -1.85. The van der Waals surface area contributed by atoms with Crippen LogP contribution in [0.25, 0.3) is 0 Å². The molecule has 2 unspecified atom stereocenters. The molecule has 5 nitrogen and oxygen atoms in total. The summed E-state index contributed by atoms with van der Waals surface area (Å²) in [4.78, 5) is 11.2. The molecule has 0 saturated carbocycles. The third-order valence-corrected chi connectivity index (χ3v) is 3.41. The summed E-state index contributed by atoms with van der Waals surface area (Å²) >= 11 is 5.43. The Bertz CT molecular complexity index is 586. The summed E-state index contributed by atoms with van der Waals surface area (Å²) in [7, 11) is 0.